The average molecular weight is 277 g/mol. The van der Waals surface area contributed by atoms with E-state index in [-0.39, 0.29) is 0 Å². The number of benzene rings is 1. The third-order valence-electron chi connectivity index (χ3n) is 3.85. The molecule has 0 atom stereocenters. The van der Waals surface area contributed by atoms with E-state index in [0.717, 1.165) is 18.9 Å². The second kappa shape index (κ2) is 8.98. The lowest BCUT2D eigenvalue weighted by Gasteiger charge is -2.23. The minimum atomic E-state index is 0.619. The monoisotopic (exact) mass is 277 g/mol. The maximum atomic E-state index is 5.81. The SMILES string of the molecule is CCOCCOc1ccccc1CNC1CCCCC1. The van der Waals surface area contributed by atoms with Gasteiger partial charge < -0.3 is 14.8 Å². The lowest BCUT2D eigenvalue weighted by atomic mass is 9.95. The molecule has 1 saturated carbocycles. The van der Waals surface area contributed by atoms with E-state index in [9.17, 15) is 0 Å². The van der Waals surface area contributed by atoms with Crippen LogP contribution in [-0.4, -0.2) is 25.9 Å². The van der Waals surface area contributed by atoms with Gasteiger partial charge in [0, 0.05) is 24.8 Å². The van der Waals surface area contributed by atoms with E-state index in [1.54, 1.807) is 0 Å². The molecule has 3 nitrogen and oxygen atoms in total. The fourth-order valence-corrected chi connectivity index (χ4v) is 2.71. The summed E-state index contributed by atoms with van der Waals surface area (Å²) >= 11 is 0. The molecule has 1 aliphatic rings. The van der Waals surface area contributed by atoms with Crippen LogP contribution in [0.3, 0.4) is 0 Å². The summed E-state index contributed by atoms with van der Waals surface area (Å²) in [5, 5.41) is 3.67. The Hall–Kier alpha value is -1.06. The fourth-order valence-electron chi connectivity index (χ4n) is 2.71. The van der Waals surface area contributed by atoms with Gasteiger partial charge in [0.05, 0.1) is 6.61 Å². The lowest BCUT2D eigenvalue weighted by molar-refractivity contribution is 0.109. The normalized spacial score (nSPS) is 16.2. The standard InChI is InChI=1S/C17H27NO2/c1-2-19-12-13-20-17-11-7-6-8-15(17)14-18-16-9-4-3-5-10-16/h6-8,11,16,18H,2-5,9-10,12-14H2,1H3. The van der Waals surface area contributed by atoms with Crippen LogP contribution in [0.1, 0.15) is 44.6 Å². The molecule has 1 N–H and O–H groups in total. The van der Waals surface area contributed by atoms with Crippen molar-refractivity contribution in [3.05, 3.63) is 29.8 Å². The lowest BCUT2D eigenvalue weighted by Crippen LogP contribution is -2.30. The van der Waals surface area contributed by atoms with Gasteiger partial charge in [0.25, 0.3) is 0 Å². The highest BCUT2D eigenvalue weighted by atomic mass is 16.5. The van der Waals surface area contributed by atoms with Gasteiger partial charge >= 0.3 is 0 Å². The number of ether oxygens (including phenoxy) is 2. The molecule has 1 aliphatic carbocycles. The van der Waals surface area contributed by atoms with Gasteiger partial charge in [-0.15, -0.1) is 0 Å². The molecule has 20 heavy (non-hydrogen) atoms. The van der Waals surface area contributed by atoms with Crippen molar-refractivity contribution in [3.8, 4) is 5.75 Å². The second-order valence-electron chi connectivity index (χ2n) is 5.37. The minimum Gasteiger partial charge on any atom is -0.491 e. The van der Waals surface area contributed by atoms with Gasteiger partial charge in [-0.3, -0.25) is 0 Å². The first-order valence-electron chi connectivity index (χ1n) is 7.92. The topological polar surface area (TPSA) is 30.5 Å². The van der Waals surface area contributed by atoms with Crippen LogP contribution < -0.4 is 10.1 Å². The Morgan fingerprint density at radius 1 is 1.10 bits per heavy atom. The van der Waals surface area contributed by atoms with Crippen molar-refractivity contribution in [1.29, 1.82) is 0 Å². The largest absolute Gasteiger partial charge is 0.491 e. The van der Waals surface area contributed by atoms with Gasteiger partial charge in [-0.1, -0.05) is 37.5 Å². The molecule has 0 amide bonds. The van der Waals surface area contributed by atoms with Gasteiger partial charge in [0.15, 0.2) is 0 Å². The molecule has 0 bridgehead atoms. The van der Waals surface area contributed by atoms with Crippen LogP contribution in [0.2, 0.25) is 0 Å². The summed E-state index contributed by atoms with van der Waals surface area (Å²) in [5.41, 5.74) is 1.24. The first-order valence-corrected chi connectivity index (χ1v) is 7.92. The summed E-state index contributed by atoms with van der Waals surface area (Å²) in [6, 6.07) is 8.98. The molecule has 0 unspecified atom stereocenters. The molecule has 0 aliphatic heterocycles. The third-order valence-corrected chi connectivity index (χ3v) is 3.85. The number of rotatable bonds is 8. The summed E-state index contributed by atoms with van der Waals surface area (Å²) in [6.45, 7) is 4.92. The van der Waals surface area contributed by atoms with Crippen LogP contribution in [0.15, 0.2) is 24.3 Å². The van der Waals surface area contributed by atoms with E-state index in [1.807, 2.05) is 19.1 Å². The summed E-state index contributed by atoms with van der Waals surface area (Å²) in [7, 11) is 0. The number of hydrogen-bond acceptors (Lipinski definition) is 3. The minimum absolute atomic E-state index is 0.619. The Balaban J connectivity index is 1.80. The third kappa shape index (κ3) is 5.14. The highest BCUT2D eigenvalue weighted by Gasteiger charge is 2.13. The van der Waals surface area contributed by atoms with Gasteiger partial charge in [-0.25, -0.2) is 0 Å². The van der Waals surface area contributed by atoms with Gasteiger partial charge in [-0.2, -0.15) is 0 Å². The number of hydrogen-bond donors (Lipinski definition) is 1. The molecule has 0 aromatic heterocycles. The highest BCUT2D eigenvalue weighted by Crippen LogP contribution is 2.21. The first kappa shape index (κ1) is 15.3. The molecule has 0 heterocycles. The summed E-state index contributed by atoms with van der Waals surface area (Å²) in [4.78, 5) is 0. The Bertz CT molecular complexity index is 375. The molecule has 2 rings (SSSR count). The van der Waals surface area contributed by atoms with Crippen LogP contribution >= 0.6 is 0 Å². The van der Waals surface area contributed by atoms with Crippen LogP contribution in [0.4, 0.5) is 0 Å². The molecule has 112 valence electrons. The van der Waals surface area contributed by atoms with E-state index in [0.29, 0.717) is 19.3 Å². The van der Waals surface area contributed by atoms with Gasteiger partial charge in [-0.05, 0) is 25.8 Å². The Labute approximate surface area is 122 Å². The van der Waals surface area contributed by atoms with Crippen LogP contribution in [-0.2, 0) is 11.3 Å². The molecule has 3 heteroatoms. The van der Waals surface area contributed by atoms with Crippen molar-refractivity contribution in [1.82, 2.24) is 5.32 Å². The van der Waals surface area contributed by atoms with E-state index in [1.165, 1.54) is 37.7 Å². The number of para-hydroxylation sites is 1. The maximum absolute atomic E-state index is 5.81. The zero-order valence-electron chi connectivity index (χ0n) is 12.6. The Morgan fingerprint density at radius 3 is 2.70 bits per heavy atom. The predicted molar refractivity (Wildman–Crippen MR) is 82.1 cm³/mol. The van der Waals surface area contributed by atoms with Gasteiger partial charge in [0.1, 0.15) is 12.4 Å². The summed E-state index contributed by atoms with van der Waals surface area (Å²) in [5.74, 6) is 0.982. The zero-order valence-corrected chi connectivity index (χ0v) is 12.6. The van der Waals surface area contributed by atoms with Crippen molar-refractivity contribution in [2.75, 3.05) is 19.8 Å². The van der Waals surface area contributed by atoms with Crippen molar-refractivity contribution >= 4 is 0 Å². The van der Waals surface area contributed by atoms with Crippen molar-refractivity contribution in [3.63, 3.8) is 0 Å². The fraction of sp³-hybridized carbons (Fsp3) is 0.647. The van der Waals surface area contributed by atoms with E-state index < -0.39 is 0 Å². The predicted octanol–water partition coefficient (Wildman–Crippen LogP) is 3.52. The quantitative estimate of drug-likeness (QED) is 0.737. The molecule has 1 aromatic carbocycles. The molecular weight excluding hydrogens is 250 g/mol. The van der Waals surface area contributed by atoms with Crippen LogP contribution in [0.5, 0.6) is 5.75 Å². The Morgan fingerprint density at radius 2 is 1.90 bits per heavy atom. The van der Waals surface area contributed by atoms with E-state index >= 15 is 0 Å². The molecule has 1 aromatic rings. The second-order valence-corrected chi connectivity index (χ2v) is 5.37. The van der Waals surface area contributed by atoms with Crippen LogP contribution in [0.25, 0.3) is 0 Å². The number of nitrogens with one attached hydrogen (secondary N) is 1. The smallest absolute Gasteiger partial charge is 0.123 e. The molecular formula is C17H27NO2. The van der Waals surface area contributed by atoms with E-state index in [2.05, 4.69) is 17.4 Å². The van der Waals surface area contributed by atoms with Crippen LogP contribution in [0, 0.1) is 0 Å². The highest BCUT2D eigenvalue weighted by molar-refractivity contribution is 5.33. The maximum Gasteiger partial charge on any atom is 0.123 e. The average Bonchev–Trinajstić information content (AvgIpc) is 2.51. The molecule has 0 radical (unpaired) electrons. The van der Waals surface area contributed by atoms with E-state index in [4.69, 9.17) is 9.47 Å². The summed E-state index contributed by atoms with van der Waals surface area (Å²) < 4.78 is 11.1. The van der Waals surface area contributed by atoms with Crippen molar-refractivity contribution in [2.24, 2.45) is 0 Å². The molecule has 1 fully saturated rings. The summed E-state index contributed by atoms with van der Waals surface area (Å²) in [6.07, 6.45) is 6.75. The van der Waals surface area contributed by atoms with Gasteiger partial charge in [0.2, 0.25) is 0 Å². The molecule has 0 saturated heterocycles. The van der Waals surface area contributed by atoms with Crippen molar-refractivity contribution < 1.29 is 9.47 Å². The first-order chi connectivity index (χ1) is 9.90. The molecule has 0 spiro atoms. The Kier molecular flexibility index (Phi) is 6.89. The van der Waals surface area contributed by atoms with Crippen molar-refractivity contribution in [2.45, 2.75) is 51.6 Å². The zero-order chi connectivity index (χ0) is 14.0.